The average Bonchev–Trinajstić information content (AvgIpc) is 2.28. The lowest BCUT2D eigenvalue weighted by Crippen LogP contribution is -2.34. The summed E-state index contributed by atoms with van der Waals surface area (Å²) in [4.78, 5) is 11.6. The number of nitrogens with two attached hydrogens (primary N) is 1. The molecule has 0 aliphatic heterocycles. The van der Waals surface area contributed by atoms with Gasteiger partial charge in [0.2, 0.25) is 0 Å². The van der Waals surface area contributed by atoms with Crippen LogP contribution in [0.5, 0.6) is 0 Å². The summed E-state index contributed by atoms with van der Waals surface area (Å²) >= 11 is 5.49. The fraction of sp³-hybridized carbons (Fsp3) is 0.900. The highest BCUT2D eigenvalue weighted by atomic mass is 35.5. The molecule has 0 aromatic carbocycles. The Bertz CT molecular complexity index is 277. The van der Waals surface area contributed by atoms with Gasteiger partial charge in [0.1, 0.15) is 0 Å². The zero-order valence-electron chi connectivity index (χ0n) is 10.5. The van der Waals surface area contributed by atoms with Crippen molar-refractivity contribution < 1.29 is 18.4 Å². The fourth-order valence-corrected chi connectivity index (χ4v) is 3.17. The quantitative estimate of drug-likeness (QED) is 0.519. The van der Waals surface area contributed by atoms with Crippen LogP contribution in [0.4, 0.5) is 0 Å². The van der Waals surface area contributed by atoms with Crippen LogP contribution in [0.2, 0.25) is 0 Å². The normalized spacial score (nSPS) is 15.6. The van der Waals surface area contributed by atoms with Crippen molar-refractivity contribution in [2.45, 2.75) is 38.9 Å². The first-order valence-electron chi connectivity index (χ1n) is 5.64. The molecule has 102 valence electrons. The van der Waals surface area contributed by atoms with E-state index in [1.54, 1.807) is 20.8 Å². The third kappa shape index (κ3) is 5.49. The van der Waals surface area contributed by atoms with E-state index in [4.69, 9.17) is 26.4 Å². The Morgan fingerprint density at radius 2 is 1.82 bits per heavy atom. The SMILES string of the molecule is CCOP(=O)(OCC)C(C)CC(=O)[C@@H](N)CCl. The molecule has 0 heterocycles. The van der Waals surface area contributed by atoms with Crippen molar-refractivity contribution in [3.05, 3.63) is 0 Å². The Kier molecular flexibility index (Phi) is 8.25. The van der Waals surface area contributed by atoms with Crippen molar-refractivity contribution in [2.24, 2.45) is 5.73 Å². The van der Waals surface area contributed by atoms with Gasteiger partial charge in [-0.3, -0.25) is 9.36 Å². The second-order valence-corrected chi connectivity index (χ2v) is 6.44. The smallest absolute Gasteiger partial charge is 0.321 e. The summed E-state index contributed by atoms with van der Waals surface area (Å²) in [6, 6.07) is -0.726. The molecular weight excluding hydrogens is 265 g/mol. The summed E-state index contributed by atoms with van der Waals surface area (Å²) in [7, 11) is -3.23. The Labute approximate surface area is 108 Å². The number of carbonyl (C=O) groups excluding carboxylic acids is 1. The summed E-state index contributed by atoms with van der Waals surface area (Å²) in [5, 5.41) is 0. The summed E-state index contributed by atoms with van der Waals surface area (Å²) in [5.41, 5.74) is 4.99. The van der Waals surface area contributed by atoms with Crippen LogP contribution in [0.15, 0.2) is 0 Å². The third-order valence-corrected chi connectivity index (χ3v) is 5.07. The highest BCUT2D eigenvalue weighted by molar-refractivity contribution is 7.54. The highest BCUT2D eigenvalue weighted by Gasteiger charge is 2.34. The Balaban J connectivity index is 4.58. The predicted octanol–water partition coefficient (Wildman–Crippen LogP) is 2.17. The molecule has 0 bridgehead atoms. The molecule has 2 atom stereocenters. The molecule has 0 saturated heterocycles. The maximum atomic E-state index is 12.3. The van der Waals surface area contributed by atoms with E-state index < -0.39 is 19.3 Å². The van der Waals surface area contributed by atoms with Gasteiger partial charge in [-0.2, -0.15) is 0 Å². The Morgan fingerprint density at radius 1 is 1.35 bits per heavy atom. The van der Waals surface area contributed by atoms with E-state index in [-0.39, 0.29) is 31.3 Å². The first-order valence-corrected chi connectivity index (χ1v) is 7.78. The molecule has 17 heavy (non-hydrogen) atoms. The molecule has 5 nitrogen and oxygen atoms in total. The minimum Gasteiger partial charge on any atom is -0.321 e. The Morgan fingerprint density at radius 3 is 2.18 bits per heavy atom. The minimum absolute atomic E-state index is 0.0468. The van der Waals surface area contributed by atoms with Crippen molar-refractivity contribution >= 4 is 25.0 Å². The molecule has 0 fully saturated rings. The number of Topliss-reactive ketones (excluding diaryl/α,β-unsaturated/α-hetero) is 1. The van der Waals surface area contributed by atoms with E-state index >= 15 is 0 Å². The van der Waals surface area contributed by atoms with E-state index in [2.05, 4.69) is 0 Å². The summed E-state index contributed by atoms with van der Waals surface area (Å²) in [6.45, 7) is 5.66. The largest absolute Gasteiger partial charge is 0.333 e. The van der Waals surface area contributed by atoms with E-state index in [1.807, 2.05) is 0 Å². The lowest BCUT2D eigenvalue weighted by molar-refractivity contribution is -0.119. The number of hydrogen-bond acceptors (Lipinski definition) is 5. The lowest BCUT2D eigenvalue weighted by atomic mass is 10.1. The molecule has 2 N–H and O–H groups in total. The number of ketones is 1. The Hall–Kier alpha value is 0.0700. The monoisotopic (exact) mass is 285 g/mol. The van der Waals surface area contributed by atoms with Crippen LogP contribution in [0, 0.1) is 0 Å². The molecular formula is C10H21ClNO4P. The van der Waals surface area contributed by atoms with Crippen molar-refractivity contribution in [3.63, 3.8) is 0 Å². The third-order valence-electron chi connectivity index (χ3n) is 2.23. The molecule has 1 unspecified atom stereocenters. The van der Waals surface area contributed by atoms with Crippen molar-refractivity contribution in [1.29, 1.82) is 0 Å². The predicted molar refractivity (Wildman–Crippen MR) is 68.6 cm³/mol. The summed E-state index contributed by atoms with van der Waals surface area (Å²) in [6.07, 6.45) is 0.0468. The van der Waals surface area contributed by atoms with Gasteiger partial charge in [-0.1, -0.05) is 6.92 Å². The minimum atomic E-state index is -3.23. The highest BCUT2D eigenvalue weighted by Crippen LogP contribution is 2.54. The van der Waals surface area contributed by atoms with Gasteiger partial charge >= 0.3 is 7.60 Å². The van der Waals surface area contributed by atoms with Crippen LogP contribution in [0.25, 0.3) is 0 Å². The van der Waals surface area contributed by atoms with Crippen molar-refractivity contribution in [3.8, 4) is 0 Å². The molecule has 0 spiro atoms. The first kappa shape index (κ1) is 17.1. The zero-order chi connectivity index (χ0) is 13.5. The zero-order valence-corrected chi connectivity index (χ0v) is 12.2. The standard InChI is InChI=1S/C10H21ClNO4P/c1-4-15-17(14,16-5-2)8(3)6-10(13)9(12)7-11/h8-9H,4-7,12H2,1-3H3/t8?,9-/m0/s1. The lowest BCUT2D eigenvalue weighted by Gasteiger charge is -2.23. The molecule has 0 amide bonds. The molecule has 7 heteroatoms. The van der Waals surface area contributed by atoms with Gasteiger partial charge in [0.05, 0.1) is 24.9 Å². The van der Waals surface area contributed by atoms with Crippen LogP contribution in [0.1, 0.15) is 27.2 Å². The van der Waals surface area contributed by atoms with Gasteiger partial charge in [0.15, 0.2) is 5.78 Å². The molecule has 0 aromatic heterocycles. The van der Waals surface area contributed by atoms with Crippen LogP contribution in [-0.4, -0.2) is 36.6 Å². The molecule has 0 saturated carbocycles. The molecule has 0 aliphatic carbocycles. The molecule has 0 aromatic rings. The van der Waals surface area contributed by atoms with Gasteiger partial charge in [-0.25, -0.2) is 0 Å². The number of carbonyl (C=O) groups is 1. The van der Waals surface area contributed by atoms with Gasteiger partial charge < -0.3 is 14.8 Å². The maximum Gasteiger partial charge on any atom is 0.333 e. The molecule has 0 radical (unpaired) electrons. The fourth-order valence-electron chi connectivity index (χ4n) is 1.29. The summed E-state index contributed by atoms with van der Waals surface area (Å²) < 4.78 is 22.6. The van der Waals surface area contributed by atoms with Crippen LogP contribution in [-0.2, 0) is 18.4 Å². The van der Waals surface area contributed by atoms with Gasteiger partial charge in [0.25, 0.3) is 0 Å². The topological polar surface area (TPSA) is 78.6 Å². The number of alkyl halides is 1. The second-order valence-electron chi connectivity index (χ2n) is 3.66. The van der Waals surface area contributed by atoms with Crippen molar-refractivity contribution in [1.82, 2.24) is 0 Å². The second kappa shape index (κ2) is 8.22. The molecule has 0 rings (SSSR count). The maximum absolute atomic E-state index is 12.3. The van der Waals surface area contributed by atoms with E-state index in [9.17, 15) is 9.36 Å². The van der Waals surface area contributed by atoms with Crippen LogP contribution < -0.4 is 5.73 Å². The van der Waals surface area contributed by atoms with E-state index in [1.165, 1.54) is 0 Å². The van der Waals surface area contributed by atoms with E-state index in [0.717, 1.165) is 0 Å². The molecule has 0 aliphatic rings. The van der Waals surface area contributed by atoms with Gasteiger partial charge in [-0.05, 0) is 13.8 Å². The van der Waals surface area contributed by atoms with Crippen LogP contribution in [0.3, 0.4) is 0 Å². The number of halogens is 1. The van der Waals surface area contributed by atoms with Gasteiger partial charge in [0, 0.05) is 12.3 Å². The van der Waals surface area contributed by atoms with Crippen molar-refractivity contribution in [2.75, 3.05) is 19.1 Å². The van der Waals surface area contributed by atoms with Crippen LogP contribution >= 0.6 is 19.2 Å². The number of rotatable bonds is 9. The summed E-state index contributed by atoms with van der Waals surface area (Å²) in [5.74, 6) is -0.175. The van der Waals surface area contributed by atoms with E-state index in [0.29, 0.717) is 0 Å². The average molecular weight is 286 g/mol. The van der Waals surface area contributed by atoms with Gasteiger partial charge in [-0.15, -0.1) is 11.6 Å². The first-order chi connectivity index (χ1) is 7.91. The number of hydrogen-bond donors (Lipinski definition) is 1.